The minimum Gasteiger partial charge on any atom is -0.255 e. The number of nitrogens with zero attached hydrogens (tertiary/aromatic N) is 3. The van der Waals surface area contributed by atoms with Gasteiger partial charge in [0.05, 0.1) is 27.0 Å². The highest BCUT2D eigenvalue weighted by atomic mass is 32.1. The highest BCUT2D eigenvalue weighted by Crippen LogP contribution is 2.57. The van der Waals surface area contributed by atoms with Crippen molar-refractivity contribution in [3.05, 3.63) is 247 Å². The van der Waals surface area contributed by atoms with Crippen molar-refractivity contribution < 1.29 is 0 Å². The number of hydrogen-bond acceptors (Lipinski definition) is 4. The summed E-state index contributed by atoms with van der Waals surface area (Å²) in [5, 5.41) is 1.18. The van der Waals surface area contributed by atoms with Crippen LogP contribution in [0.4, 0.5) is 0 Å². The first-order valence-electron chi connectivity index (χ1n) is 21.0. The van der Waals surface area contributed by atoms with E-state index in [0.717, 1.165) is 55.8 Å². The van der Waals surface area contributed by atoms with Crippen molar-refractivity contribution in [1.82, 2.24) is 15.0 Å². The fourth-order valence-electron chi connectivity index (χ4n) is 9.67. The molecule has 0 saturated carbocycles. The second kappa shape index (κ2) is 14.7. The maximum atomic E-state index is 5.43. The van der Waals surface area contributed by atoms with Gasteiger partial charge in [-0.2, -0.15) is 0 Å². The molecule has 0 radical (unpaired) electrons. The zero-order valence-electron chi connectivity index (χ0n) is 33.6. The molecule has 0 N–H and O–H groups in total. The smallest absolute Gasteiger partial charge is 0.161 e. The van der Waals surface area contributed by atoms with Crippen molar-refractivity contribution in [1.29, 1.82) is 0 Å². The minimum atomic E-state index is -0.529. The van der Waals surface area contributed by atoms with Crippen LogP contribution in [0.15, 0.2) is 225 Å². The number of hydrogen-bond donors (Lipinski definition) is 0. The van der Waals surface area contributed by atoms with Gasteiger partial charge in [-0.3, -0.25) is 4.98 Å². The van der Waals surface area contributed by atoms with E-state index in [4.69, 9.17) is 15.0 Å². The molecule has 62 heavy (non-hydrogen) atoms. The minimum absolute atomic E-state index is 0.529. The van der Waals surface area contributed by atoms with Crippen molar-refractivity contribution in [3.63, 3.8) is 0 Å². The Labute approximate surface area is 364 Å². The van der Waals surface area contributed by atoms with E-state index in [0.29, 0.717) is 5.82 Å². The Hall–Kier alpha value is -7.79. The Bertz CT molecular complexity index is 3350. The summed E-state index contributed by atoms with van der Waals surface area (Å²) >= 11 is 1.79. The zero-order chi connectivity index (χ0) is 41.0. The van der Waals surface area contributed by atoms with Gasteiger partial charge >= 0.3 is 0 Å². The second-order valence-electron chi connectivity index (χ2n) is 15.9. The third kappa shape index (κ3) is 5.76. The van der Waals surface area contributed by atoms with Crippen molar-refractivity contribution in [2.24, 2.45) is 0 Å². The molecule has 3 nitrogen and oxygen atoms in total. The Morgan fingerprint density at radius 2 is 0.919 bits per heavy atom. The average Bonchev–Trinajstić information content (AvgIpc) is 3.89. The van der Waals surface area contributed by atoms with Gasteiger partial charge < -0.3 is 0 Å². The van der Waals surface area contributed by atoms with Crippen LogP contribution in [0.25, 0.3) is 87.6 Å². The topological polar surface area (TPSA) is 38.7 Å². The maximum absolute atomic E-state index is 5.43. The summed E-state index contributed by atoms with van der Waals surface area (Å²) in [6.45, 7) is 0. The fourth-order valence-corrected chi connectivity index (χ4v) is 10.9. The third-order valence-electron chi connectivity index (χ3n) is 12.5. The molecule has 290 valence electrons. The van der Waals surface area contributed by atoms with Gasteiger partial charge in [0, 0.05) is 38.5 Å². The summed E-state index contributed by atoms with van der Waals surface area (Å²) in [5.74, 6) is 0.671. The molecule has 0 fully saturated rings. The summed E-state index contributed by atoms with van der Waals surface area (Å²) in [6, 6.07) is 78.5. The molecular weight excluding hydrogens is 771 g/mol. The van der Waals surface area contributed by atoms with Crippen molar-refractivity contribution in [2.75, 3.05) is 0 Å². The average molecular weight is 808 g/mol. The van der Waals surface area contributed by atoms with E-state index in [1.807, 2.05) is 18.3 Å². The summed E-state index contributed by atoms with van der Waals surface area (Å²) in [4.78, 5) is 15.7. The molecule has 0 atom stereocenters. The first-order valence-corrected chi connectivity index (χ1v) is 21.8. The van der Waals surface area contributed by atoms with Crippen LogP contribution in [-0.4, -0.2) is 15.0 Å². The molecule has 0 saturated heterocycles. The lowest BCUT2D eigenvalue weighted by Crippen LogP contribution is -2.28. The lowest BCUT2D eigenvalue weighted by atomic mass is 9.67. The van der Waals surface area contributed by atoms with Crippen LogP contribution in [0.5, 0.6) is 0 Å². The van der Waals surface area contributed by atoms with Crippen LogP contribution in [-0.2, 0) is 5.41 Å². The van der Waals surface area contributed by atoms with Crippen LogP contribution < -0.4 is 0 Å². The van der Waals surface area contributed by atoms with E-state index in [2.05, 4.69) is 206 Å². The fraction of sp³-hybridized carbons (Fsp3) is 0.0172. The molecule has 0 aliphatic heterocycles. The molecule has 1 aliphatic rings. The molecule has 0 spiro atoms. The van der Waals surface area contributed by atoms with E-state index in [-0.39, 0.29) is 0 Å². The summed E-state index contributed by atoms with van der Waals surface area (Å²) in [6.07, 6.45) is 1.94. The van der Waals surface area contributed by atoms with Crippen molar-refractivity contribution in [3.8, 4) is 67.3 Å². The van der Waals surface area contributed by atoms with Gasteiger partial charge in [0.2, 0.25) is 0 Å². The molecule has 1 aliphatic carbocycles. The summed E-state index contributed by atoms with van der Waals surface area (Å²) in [7, 11) is 0. The van der Waals surface area contributed by atoms with E-state index in [1.54, 1.807) is 11.3 Å². The Balaban J connectivity index is 1.14. The van der Waals surface area contributed by atoms with Crippen LogP contribution >= 0.6 is 11.3 Å². The summed E-state index contributed by atoms with van der Waals surface area (Å²) in [5.41, 5.74) is 17.2. The predicted octanol–water partition coefficient (Wildman–Crippen LogP) is 14.9. The van der Waals surface area contributed by atoms with Gasteiger partial charge in [0.25, 0.3) is 0 Å². The normalized spacial score (nSPS) is 12.6. The van der Waals surface area contributed by atoms with Gasteiger partial charge in [-0.15, -0.1) is 11.3 Å². The maximum Gasteiger partial charge on any atom is 0.161 e. The Morgan fingerprint density at radius 1 is 0.371 bits per heavy atom. The highest BCUT2D eigenvalue weighted by molar-refractivity contribution is 7.26. The number of benzene rings is 8. The SMILES string of the molecule is c1ccc(-c2cc(-c3ccccc3)nc(-c3cc(-c4ccnc5c4sc4ccccc45)ccc3-c3ccc4c(c3)C(c3ccccc3)(c3ccccc3)c3ccccc3-4)n2)cc1. The molecule has 12 rings (SSSR count). The molecule has 3 aromatic heterocycles. The quantitative estimate of drug-likeness (QED) is 0.161. The highest BCUT2D eigenvalue weighted by Gasteiger charge is 2.46. The van der Waals surface area contributed by atoms with E-state index in [1.165, 1.54) is 48.2 Å². The molecule has 0 unspecified atom stereocenters. The van der Waals surface area contributed by atoms with Gasteiger partial charge in [0.15, 0.2) is 5.82 Å². The number of thiophene rings is 1. The first kappa shape index (κ1) is 36.1. The number of aromatic nitrogens is 3. The van der Waals surface area contributed by atoms with Crippen LogP contribution in [0, 0.1) is 0 Å². The van der Waals surface area contributed by atoms with Crippen molar-refractivity contribution in [2.45, 2.75) is 5.41 Å². The molecule has 11 aromatic rings. The predicted molar refractivity (Wildman–Crippen MR) is 257 cm³/mol. The van der Waals surface area contributed by atoms with Crippen LogP contribution in [0.2, 0.25) is 0 Å². The van der Waals surface area contributed by atoms with Gasteiger partial charge in [-0.05, 0) is 80.4 Å². The largest absolute Gasteiger partial charge is 0.255 e. The third-order valence-corrected chi connectivity index (χ3v) is 13.7. The molecule has 8 aromatic carbocycles. The Kier molecular flexibility index (Phi) is 8.58. The first-order chi connectivity index (χ1) is 30.7. The van der Waals surface area contributed by atoms with E-state index >= 15 is 0 Å². The lowest BCUT2D eigenvalue weighted by molar-refractivity contribution is 0.769. The van der Waals surface area contributed by atoms with Gasteiger partial charge in [-0.25, -0.2) is 9.97 Å². The lowest BCUT2D eigenvalue weighted by Gasteiger charge is -2.34. The van der Waals surface area contributed by atoms with E-state index in [9.17, 15) is 0 Å². The molecule has 0 amide bonds. The number of rotatable bonds is 7. The van der Waals surface area contributed by atoms with Crippen LogP contribution in [0.3, 0.4) is 0 Å². The second-order valence-corrected chi connectivity index (χ2v) is 16.9. The molecular formula is C58H37N3S. The van der Waals surface area contributed by atoms with Gasteiger partial charge in [-0.1, -0.05) is 188 Å². The number of fused-ring (bicyclic) bond motifs is 6. The monoisotopic (exact) mass is 807 g/mol. The molecule has 3 heterocycles. The summed E-state index contributed by atoms with van der Waals surface area (Å²) < 4.78 is 2.40. The standard InChI is InChI=1S/C58H37N3S/c1-5-17-38(18-6-1)52-37-53(39-19-7-2-8-20-39)61-57(60-52)49-35-40(45-33-34-59-55-48-26-14-16-28-54(48)62-56(45)55)29-31-44(49)41-30-32-47-46-25-13-15-27-50(46)58(51(47)36-41,42-21-9-3-10-22-42)43-23-11-4-12-24-43/h1-37H. The van der Waals surface area contributed by atoms with Gasteiger partial charge in [0.1, 0.15) is 0 Å². The molecule has 4 heteroatoms. The Morgan fingerprint density at radius 3 is 1.60 bits per heavy atom. The number of pyridine rings is 1. The van der Waals surface area contributed by atoms with Crippen LogP contribution in [0.1, 0.15) is 22.3 Å². The zero-order valence-corrected chi connectivity index (χ0v) is 34.4. The van der Waals surface area contributed by atoms with E-state index < -0.39 is 5.41 Å². The van der Waals surface area contributed by atoms with Crippen molar-refractivity contribution >= 4 is 31.6 Å². The molecule has 0 bridgehead atoms.